The van der Waals surface area contributed by atoms with E-state index in [0.29, 0.717) is 0 Å². The zero-order valence-electron chi connectivity index (χ0n) is 6.51. The third kappa shape index (κ3) is 1.21. The summed E-state index contributed by atoms with van der Waals surface area (Å²) < 4.78 is 1.75. The highest BCUT2D eigenvalue weighted by atomic mass is 15.3. The van der Waals surface area contributed by atoms with Gasteiger partial charge in [-0.15, -0.1) is 0 Å². The second kappa shape index (κ2) is 2.77. The van der Waals surface area contributed by atoms with Crippen LogP contribution in [-0.4, -0.2) is 14.8 Å². The number of rotatable bonds is 1. The van der Waals surface area contributed by atoms with Crippen LogP contribution in [0.1, 0.15) is 5.56 Å². The van der Waals surface area contributed by atoms with E-state index < -0.39 is 0 Å². The van der Waals surface area contributed by atoms with E-state index >= 15 is 0 Å². The monoisotopic (exact) mass is 158 g/mol. The van der Waals surface area contributed by atoms with Crippen LogP contribution in [0.3, 0.4) is 0 Å². The SMILES string of the molecule is [CH2]c1cnn(-c2cccnc2)c1. The summed E-state index contributed by atoms with van der Waals surface area (Å²) in [6.45, 7) is 3.76. The Morgan fingerprint density at radius 2 is 2.25 bits per heavy atom. The molecule has 2 heterocycles. The van der Waals surface area contributed by atoms with Crippen LogP contribution in [0.25, 0.3) is 5.69 Å². The van der Waals surface area contributed by atoms with Gasteiger partial charge in [0.2, 0.25) is 0 Å². The topological polar surface area (TPSA) is 30.7 Å². The molecule has 0 unspecified atom stereocenters. The van der Waals surface area contributed by atoms with E-state index in [1.54, 1.807) is 23.3 Å². The fourth-order valence-electron chi connectivity index (χ4n) is 0.991. The first-order valence-corrected chi connectivity index (χ1v) is 3.63. The minimum atomic E-state index is 0.902. The molecule has 0 saturated heterocycles. The van der Waals surface area contributed by atoms with Crippen LogP contribution in [0.2, 0.25) is 0 Å². The third-order valence-electron chi connectivity index (χ3n) is 1.55. The number of hydrogen-bond donors (Lipinski definition) is 0. The summed E-state index contributed by atoms with van der Waals surface area (Å²) in [7, 11) is 0. The highest BCUT2D eigenvalue weighted by Gasteiger charge is 1.95. The molecule has 2 aromatic rings. The predicted molar refractivity (Wildman–Crippen MR) is 45.8 cm³/mol. The van der Waals surface area contributed by atoms with Crippen LogP contribution < -0.4 is 0 Å². The molecule has 0 aromatic carbocycles. The molecule has 2 aromatic heterocycles. The molecule has 3 nitrogen and oxygen atoms in total. The van der Waals surface area contributed by atoms with Gasteiger partial charge < -0.3 is 0 Å². The zero-order chi connectivity index (χ0) is 8.39. The largest absolute Gasteiger partial charge is 0.262 e. The Labute approximate surface area is 70.7 Å². The van der Waals surface area contributed by atoms with Crippen LogP contribution in [0.5, 0.6) is 0 Å². The summed E-state index contributed by atoms with van der Waals surface area (Å²) in [6, 6.07) is 3.82. The fraction of sp³-hybridized carbons (Fsp3) is 0. The molecule has 0 N–H and O–H groups in total. The van der Waals surface area contributed by atoms with E-state index in [2.05, 4.69) is 17.0 Å². The minimum Gasteiger partial charge on any atom is -0.262 e. The average Bonchev–Trinajstić information content (AvgIpc) is 2.54. The molecule has 12 heavy (non-hydrogen) atoms. The molecule has 0 spiro atoms. The lowest BCUT2D eigenvalue weighted by Crippen LogP contribution is -1.93. The van der Waals surface area contributed by atoms with Crippen LogP contribution in [0, 0.1) is 6.92 Å². The Kier molecular flexibility index (Phi) is 1.63. The van der Waals surface area contributed by atoms with Crippen molar-refractivity contribution in [1.82, 2.24) is 14.8 Å². The van der Waals surface area contributed by atoms with E-state index in [1.807, 2.05) is 18.3 Å². The summed E-state index contributed by atoms with van der Waals surface area (Å²) in [5.74, 6) is 0. The van der Waals surface area contributed by atoms with Crippen molar-refractivity contribution in [2.45, 2.75) is 0 Å². The lowest BCUT2D eigenvalue weighted by atomic mass is 10.4. The quantitative estimate of drug-likeness (QED) is 0.628. The molecule has 0 saturated carbocycles. The second-order valence-corrected chi connectivity index (χ2v) is 2.50. The van der Waals surface area contributed by atoms with Crippen LogP contribution in [0.15, 0.2) is 36.9 Å². The van der Waals surface area contributed by atoms with Gasteiger partial charge in [0, 0.05) is 12.4 Å². The number of pyridine rings is 1. The van der Waals surface area contributed by atoms with Gasteiger partial charge in [-0.05, 0) is 24.6 Å². The maximum atomic E-state index is 4.10. The average molecular weight is 158 g/mol. The normalized spacial score (nSPS) is 10.1. The Bertz CT molecular complexity index is 364. The summed E-state index contributed by atoms with van der Waals surface area (Å²) in [5, 5.41) is 4.10. The minimum absolute atomic E-state index is 0.902. The first-order chi connectivity index (χ1) is 5.86. The van der Waals surface area contributed by atoms with Gasteiger partial charge in [-0.1, -0.05) is 0 Å². The molecule has 0 atom stereocenters. The second-order valence-electron chi connectivity index (χ2n) is 2.50. The van der Waals surface area contributed by atoms with Crippen molar-refractivity contribution in [3.63, 3.8) is 0 Å². The molecule has 0 bridgehead atoms. The predicted octanol–water partition coefficient (Wildman–Crippen LogP) is 1.45. The van der Waals surface area contributed by atoms with Gasteiger partial charge in [-0.25, -0.2) is 4.68 Å². The maximum absolute atomic E-state index is 4.10. The van der Waals surface area contributed by atoms with E-state index in [1.165, 1.54) is 0 Å². The Balaban J connectivity index is 2.45. The maximum Gasteiger partial charge on any atom is 0.0828 e. The highest BCUT2D eigenvalue weighted by Crippen LogP contribution is 2.04. The Morgan fingerprint density at radius 1 is 1.33 bits per heavy atom. The van der Waals surface area contributed by atoms with E-state index in [9.17, 15) is 0 Å². The molecule has 3 heteroatoms. The zero-order valence-corrected chi connectivity index (χ0v) is 6.51. The van der Waals surface area contributed by atoms with Gasteiger partial charge in [-0.2, -0.15) is 5.10 Å². The van der Waals surface area contributed by atoms with Crippen LogP contribution in [0.4, 0.5) is 0 Å². The van der Waals surface area contributed by atoms with Gasteiger partial charge in [0.15, 0.2) is 0 Å². The van der Waals surface area contributed by atoms with E-state index in [4.69, 9.17) is 0 Å². The molecule has 0 fully saturated rings. The van der Waals surface area contributed by atoms with Crippen molar-refractivity contribution in [1.29, 1.82) is 0 Å². The molecule has 0 aliphatic rings. The molecular weight excluding hydrogens is 150 g/mol. The molecule has 0 aliphatic heterocycles. The van der Waals surface area contributed by atoms with Crippen LogP contribution in [-0.2, 0) is 0 Å². The van der Waals surface area contributed by atoms with Gasteiger partial charge in [0.05, 0.1) is 18.1 Å². The van der Waals surface area contributed by atoms with Crippen molar-refractivity contribution in [2.75, 3.05) is 0 Å². The summed E-state index contributed by atoms with van der Waals surface area (Å²) >= 11 is 0. The summed E-state index contributed by atoms with van der Waals surface area (Å²) in [5.41, 5.74) is 1.85. The van der Waals surface area contributed by atoms with Gasteiger partial charge >= 0.3 is 0 Å². The lowest BCUT2D eigenvalue weighted by Gasteiger charge is -1.97. The smallest absolute Gasteiger partial charge is 0.0828 e. The van der Waals surface area contributed by atoms with Crippen molar-refractivity contribution in [3.05, 3.63) is 49.4 Å². The standard InChI is InChI=1S/C9H8N3/c1-8-5-11-12(7-8)9-3-2-4-10-6-9/h2-7H,1H2. The Morgan fingerprint density at radius 3 is 2.83 bits per heavy atom. The third-order valence-corrected chi connectivity index (χ3v) is 1.55. The molecule has 59 valence electrons. The lowest BCUT2D eigenvalue weighted by molar-refractivity contribution is 0.874. The molecule has 0 aliphatic carbocycles. The van der Waals surface area contributed by atoms with Crippen molar-refractivity contribution >= 4 is 0 Å². The molecule has 0 amide bonds. The molecular formula is C9H8N3. The van der Waals surface area contributed by atoms with E-state index in [-0.39, 0.29) is 0 Å². The van der Waals surface area contributed by atoms with Gasteiger partial charge in [0.25, 0.3) is 0 Å². The highest BCUT2D eigenvalue weighted by molar-refractivity contribution is 5.27. The van der Waals surface area contributed by atoms with Crippen LogP contribution >= 0.6 is 0 Å². The fourth-order valence-corrected chi connectivity index (χ4v) is 0.991. The van der Waals surface area contributed by atoms with Gasteiger partial charge in [-0.3, -0.25) is 4.98 Å². The molecule has 1 radical (unpaired) electrons. The van der Waals surface area contributed by atoms with E-state index in [0.717, 1.165) is 11.3 Å². The van der Waals surface area contributed by atoms with Gasteiger partial charge in [0.1, 0.15) is 0 Å². The summed E-state index contributed by atoms with van der Waals surface area (Å²) in [4.78, 5) is 3.99. The number of nitrogens with zero attached hydrogens (tertiary/aromatic N) is 3. The summed E-state index contributed by atoms with van der Waals surface area (Å²) in [6.07, 6.45) is 7.06. The number of aromatic nitrogens is 3. The number of hydrogen-bond acceptors (Lipinski definition) is 2. The molecule has 2 rings (SSSR count). The van der Waals surface area contributed by atoms with Crippen molar-refractivity contribution < 1.29 is 0 Å². The van der Waals surface area contributed by atoms with Crippen molar-refractivity contribution in [3.8, 4) is 5.69 Å². The Hall–Kier alpha value is -1.64. The first-order valence-electron chi connectivity index (χ1n) is 3.63. The van der Waals surface area contributed by atoms with Crippen molar-refractivity contribution in [2.24, 2.45) is 0 Å². The first kappa shape index (κ1) is 7.03.